The van der Waals surface area contributed by atoms with Gasteiger partial charge in [-0.15, -0.1) is 0 Å². The van der Waals surface area contributed by atoms with Gasteiger partial charge in [0.15, 0.2) is 5.70 Å². The Morgan fingerprint density at radius 2 is 2.00 bits per heavy atom. The van der Waals surface area contributed by atoms with Gasteiger partial charge in [-0.25, -0.2) is 10.3 Å². The van der Waals surface area contributed by atoms with Crippen LogP contribution in [0, 0.1) is 12.5 Å². The summed E-state index contributed by atoms with van der Waals surface area (Å²) in [6, 6.07) is 1.55. The van der Waals surface area contributed by atoms with E-state index in [1.807, 2.05) is 0 Å². The SMILES string of the molecule is Cc1ncc(NC(=O)OC(C)(C)C)cc1NC(=O)/C(N=N)=C1\C=CC(Br)=CN1. The minimum atomic E-state index is -0.639. The second-order valence-corrected chi connectivity index (χ2v) is 7.73. The van der Waals surface area contributed by atoms with Crippen LogP contribution in [0.3, 0.4) is 0 Å². The molecule has 0 spiro atoms. The number of ether oxygens (including phenoxy) is 1. The Kier molecular flexibility index (Phi) is 6.68. The van der Waals surface area contributed by atoms with E-state index in [0.717, 1.165) is 4.48 Å². The van der Waals surface area contributed by atoms with E-state index in [9.17, 15) is 9.59 Å². The molecule has 1 aromatic rings. The summed E-state index contributed by atoms with van der Waals surface area (Å²) in [5, 5.41) is 11.4. The van der Waals surface area contributed by atoms with E-state index in [-0.39, 0.29) is 5.70 Å². The van der Waals surface area contributed by atoms with Crippen LogP contribution in [-0.4, -0.2) is 22.6 Å². The lowest BCUT2D eigenvalue weighted by atomic mass is 10.2. The average molecular weight is 449 g/mol. The minimum Gasteiger partial charge on any atom is -0.444 e. The third-order valence-electron chi connectivity index (χ3n) is 3.34. The molecular formula is C18H21BrN6O3. The molecule has 10 heteroatoms. The van der Waals surface area contributed by atoms with Gasteiger partial charge >= 0.3 is 6.09 Å². The molecule has 1 aliphatic rings. The minimum absolute atomic E-state index is 0.0996. The number of nitrogens with zero attached hydrogens (tertiary/aromatic N) is 2. The molecule has 0 aromatic carbocycles. The van der Waals surface area contributed by atoms with Crippen LogP contribution in [0.5, 0.6) is 0 Å². The van der Waals surface area contributed by atoms with Crippen molar-refractivity contribution in [2.75, 3.05) is 10.6 Å². The molecule has 2 heterocycles. The van der Waals surface area contributed by atoms with Crippen LogP contribution in [0.4, 0.5) is 16.2 Å². The van der Waals surface area contributed by atoms with Crippen LogP contribution >= 0.6 is 15.9 Å². The Bertz CT molecular complexity index is 899. The van der Waals surface area contributed by atoms with Crippen LogP contribution in [0.2, 0.25) is 0 Å². The highest BCUT2D eigenvalue weighted by Gasteiger charge is 2.19. The number of hydrogen-bond donors (Lipinski definition) is 4. The van der Waals surface area contributed by atoms with E-state index in [1.165, 1.54) is 6.20 Å². The highest BCUT2D eigenvalue weighted by Crippen LogP contribution is 2.21. The quantitative estimate of drug-likeness (QED) is 0.402. The van der Waals surface area contributed by atoms with E-state index >= 15 is 0 Å². The number of pyridine rings is 1. The zero-order valence-corrected chi connectivity index (χ0v) is 17.5. The molecule has 1 aromatic heterocycles. The van der Waals surface area contributed by atoms with Gasteiger partial charge < -0.3 is 15.4 Å². The Labute approximate surface area is 171 Å². The number of allylic oxidation sites excluding steroid dienone is 3. The van der Waals surface area contributed by atoms with E-state index in [4.69, 9.17) is 10.3 Å². The summed E-state index contributed by atoms with van der Waals surface area (Å²) in [4.78, 5) is 28.6. The number of aromatic nitrogens is 1. The van der Waals surface area contributed by atoms with E-state index in [1.54, 1.807) is 52.1 Å². The molecule has 2 amide bonds. The molecule has 0 aliphatic carbocycles. The third kappa shape index (κ3) is 6.02. The van der Waals surface area contributed by atoms with E-state index in [2.05, 4.69) is 42.0 Å². The van der Waals surface area contributed by atoms with Crippen molar-refractivity contribution in [2.45, 2.75) is 33.3 Å². The fourth-order valence-corrected chi connectivity index (χ4v) is 2.36. The molecule has 2 rings (SSSR count). The maximum Gasteiger partial charge on any atom is 0.412 e. The van der Waals surface area contributed by atoms with Crippen molar-refractivity contribution in [2.24, 2.45) is 5.11 Å². The number of halogens is 1. The first kappa shape index (κ1) is 21.3. The first-order chi connectivity index (χ1) is 13.1. The summed E-state index contributed by atoms with van der Waals surface area (Å²) in [7, 11) is 0. The van der Waals surface area contributed by atoms with Crippen LogP contribution in [0.15, 0.2) is 51.6 Å². The Balaban J connectivity index is 2.18. The van der Waals surface area contributed by atoms with Crippen molar-refractivity contribution in [1.29, 1.82) is 5.53 Å². The number of amides is 2. The van der Waals surface area contributed by atoms with Gasteiger partial charge in [0, 0.05) is 10.7 Å². The maximum atomic E-state index is 12.6. The predicted molar refractivity (Wildman–Crippen MR) is 109 cm³/mol. The lowest BCUT2D eigenvalue weighted by Crippen LogP contribution is -2.27. The summed E-state index contributed by atoms with van der Waals surface area (Å²) < 4.78 is 5.99. The van der Waals surface area contributed by atoms with Gasteiger partial charge in [-0.1, -0.05) is 0 Å². The molecule has 0 fully saturated rings. The van der Waals surface area contributed by atoms with Gasteiger partial charge in [-0.3, -0.25) is 15.1 Å². The number of nitrogens with one attached hydrogen (secondary N) is 4. The molecule has 0 atom stereocenters. The van der Waals surface area contributed by atoms with Gasteiger partial charge in [0.1, 0.15) is 5.60 Å². The zero-order valence-electron chi connectivity index (χ0n) is 15.9. The molecule has 148 valence electrons. The number of aryl methyl sites for hydroxylation is 1. The summed E-state index contributed by atoms with van der Waals surface area (Å²) in [5.41, 5.74) is 8.23. The van der Waals surface area contributed by atoms with Crippen molar-refractivity contribution < 1.29 is 14.3 Å². The first-order valence-corrected chi connectivity index (χ1v) is 9.08. The van der Waals surface area contributed by atoms with E-state index in [0.29, 0.717) is 22.8 Å². The average Bonchev–Trinajstić information content (AvgIpc) is 2.58. The molecule has 0 radical (unpaired) electrons. The number of anilines is 2. The molecule has 9 nitrogen and oxygen atoms in total. The summed E-state index contributed by atoms with van der Waals surface area (Å²) >= 11 is 3.29. The van der Waals surface area contributed by atoms with Crippen LogP contribution < -0.4 is 16.0 Å². The molecule has 1 aliphatic heterocycles. The summed E-state index contributed by atoms with van der Waals surface area (Å²) in [6.07, 6.45) is 5.81. The molecule has 4 N–H and O–H groups in total. The number of carbonyl (C=O) groups is 2. The lowest BCUT2D eigenvalue weighted by Gasteiger charge is -2.20. The molecule has 0 saturated heterocycles. The topological polar surface area (TPSA) is 129 Å². The number of carbonyl (C=O) groups excluding carboxylic acids is 2. The van der Waals surface area contributed by atoms with Crippen molar-refractivity contribution in [3.05, 3.63) is 52.2 Å². The summed E-state index contributed by atoms with van der Waals surface area (Å²) in [6.45, 7) is 6.97. The molecule has 28 heavy (non-hydrogen) atoms. The van der Waals surface area contributed by atoms with E-state index < -0.39 is 17.6 Å². The van der Waals surface area contributed by atoms with Gasteiger partial charge in [0.05, 0.1) is 29.0 Å². The monoisotopic (exact) mass is 448 g/mol. The maximum absolute atomic E-state index is 12.6. The highest BCUT2D eigenvalue weighted by molar-refractivity contribution is 9.11. The van der Waals surface area contributed by atoms with Crippen LogP contribution in [0.1, 0.15) is 26.5 Å². The number of hydrogen-bond acceptors (Lipinski definition) is 7. The normalized spacial score (nSPS) is 15.1. The van der Waals surface area contributed by atoms with Gasteiger partial charge in [0.25, 0.3) is 5.91 Å². The number of rotatable bonds is 4. The second-order valence-electron chi connectivity index (χ2n) is 6.82. The molecule has 0 bridgehead atoms. The van der Waals surface area contributed by atoms with Gasteiger partial charge in [-0.05, 0) is 61.8 Å². The predicted octanol–water partition coefficient (Wildman–Crippen LogP) is 4.31. The van der Waals surface area contributed by atoms with Crippen LogP contribution in [0.25, 0.3) is 0 Å². The largest absolute Gasteiger partial charge is 0.444 e. The third-order valence-corrected chi connectivity index (χ3v) is 3.83. The second kappa shape index (κ2) is 8.79. The zero-order chi connectivity index (χ0) is 20.9. The van der Waals surface area contributed by atoms with Crippen LogP contribution in [-0.2, 0) is 9.53 Å². The smallest absolute Gasteiger partial charge is 0.412 e. The number of dihydropyridines is 1. The summed E-state index contributed by atoms with van der Waals surface area (Å²) in [5.74, 6) is -0.590. The fourth-order valence-electron chi connectivity index (χ4n) is 2.12. The fraction of sp³-hybridized carbons (Fsp3) is 0.278. The Hall–Kier alpha value is -3.01. The Morgan fingerprint density at radius 1 is 1.29 bits per heavy atom. The molecule has 0 unspecified atom stereocenters. The van der Waals surface area contributed by atoms with Crippen molar-refractivity contribution in [3.8, 4) is 0 Å². The first-order valence-electron chi connectivity index (χ1n) is 8.29. The Morgan fingerprint density at radius 3 is 2.57 bits per heavy atom. The van der Waals surface area contributed by atoms with Crippen molar-refractivity contribution >= 4 is 39.3 Å². The molecule has 0 saturated carbocycles. The highest BCUT2D eigenvalue weighted by atomic mass is 79.9. The lowest BCUT2D eigenvalue weighted by molar-refractivity contribution is -0.113. The van der Waals surface area contributed by atoms with Gasteiger partial charge in [0.2, 0.25) is 0 Å². The standard InChI is InChI=1S/C18H21BrN6O3/c1-10-14(7-12(9-21-10)23-17(27)28-18(2,3)4)24-16(26)15(25-20)13-6-5-11(19)8-22-13/h5-9,20,22H,1-4H3,(H,23,27)(H,24,26)/b15-13-,25-20?. The van der Waals surface area contributed by atoms with Crippen molar-refractivity contribution in [1.82, 2.24) is 10.3 Å². The van der Waals surface area contributed by atoms with Crippen molar-refractivity contribution in [3.63, 3.8) is 0 Å². The molecular weight excluding hydrogens is 428 g/mol. The van der Waals surface area contributed by atoms with Gasteiger partial charge in [-0.2, -0.15) is 5.11 Å².